The van der Waals surface area contributed by atoms with Crippen LogP contribution < -0.4 is 5.32 Å². The summed E-state index contributed by atoms with van der Waals surface area (Å²) in [6.07, 6.45) is 2.64. The van der Waals surface area contributed by atoms with Crippen molar-refractivity contribution >= 4 is 5.78 Å². The molecule has 0 aliphatic heterocycles. The first-order chi connectivity index (χ1) is 6.70. The van der Waals surface area contributed by atoms with Crippen molar-refractivity contribution in [1.82, 2.24) is 10.3 Å². The second-order valence-corrected chi connectivity index (χ2v) is 3.36. The van der Waals surface area contributed by atoms with Gasteiger partial charge < -0.3 is 5.32 Å². The first-order valence-corrected chi connectivity index (χ1v) is 4.84. The van der Waals surface area contributed by atoms with Gasteiger partial charge in [0.15, 0.2) is 0 Å². The van der Waals surface area contributed by atoms with Gasteiger partial charge in [-0.15, -0.1) is 0 Å². The molecular formula is C11H16N2O. The lowest BCUT2D eigenvalue weighted by molar-refractivity contribution is -0.118. The van der Waals surface area contributed by atoms with E-state index in [2.05, 4.69) is 10.3 Å². The number of nitrogens with one attached hydrogen (secondary N) is 1. The summed E-state index contributed by atoms with van der Waals surface area (Å²) in [7, 11) is 0. The minimum Gasteiger partial charge on any atom is -0.307 e. The second kappa shape index (κ2) is 5.50. The van der Waals surface area contributed by atoms with Crippen molar-refractivity contribution in [3.8, 4) is 0 Å². The van der Waals surface area contributed by atoms with E-state index in [4.69, 9.17) is 0 Å². The van der Waals surface area contributed by atoms with Crippen LogP contribution in [0.3, 0.4) is 0 Å². The Morgan fingerprint density at radius 3 is 2.93 bits per heavy atom. The average Bonchev–Trinajstić information content (AvgIpc) is 2.19. The van der Waals surface area contributed by atoms with Crippen molar-refractivity contribution in [3.05, 3.63) is 30.1 Å². The number of hydrogen-bond acceptors (Lipinski definition) is 3. The van der Waals surface area contributed by atoms with Crippen LogP contribution in [0, 0.1) is 0 Å². The molecule has 0 radical (unpaired) electrons. The van der Waals surface area contributed by atoms with Crippen LogP contribution in [0.25, 0.3) is 0 Å². The van der Waals surface area contributed by atoms with Crippen molar-refractivity contribution < 1.29 is 4.79 Å². The molecule has 0 aromatic carbocycles. The van der Waals surface area contributed by atoms with Gasteiger partial charge in [0.05, 0.1) is 6.04 Å². The number of aromatic nitrogens is 1. The molecule has 76 valence electrons. The zero-order chi connectivity index (χ0) is 10.4. The standard InChI is InChI=1S/C11H16N2O/c1-9(10(2)14)12-8-6-11-5-3-4-7-13-11/h3-5,7,9,12H,6,8H2,1-2H3. The van der Waals surface area contributed by atoms with E-state index in [1.54, 1.807) is 13.1 Å². The van der Waals surface area contributed by atoms with Gasteiger partial charge in [0.25, 0.3) is 0 Å². The number of hydrogen-bond donors (Lipinski definition) is 1. The molecule has 0 saturated carbocycles. The minimum absolute atomic E-state index is 0.0567. The van der Waals surface area contributed by atoms with Crippen LogP contribution in [-0.4, -0.2) is 23.4 Å². The van der Waals surface area contributed by atoms with Gasteiger partial charge >= 0.3 is 0 Å². The first-order valence-electron chi connectivity index (χ1n) is 4.84. The molecule has 0 aliphatic carbocycles. The predicted octanol–water partition coefficient (Wildman–Crippen LogP) is 1.19. The number of pyridine rings is 1. The molecule has 0 aliphatic rings. The number of Topliss-reactive ketones (excluding diaryl/α,β-unsaturated/α-hetero) is 1. The van der Waals surface area contributed by atoms with Crippen molar-refractivity contribution in [2.24, 2.45) is 0 Å². The molecule has 1 N–H and O–H groups in total. The Hall–Kier alpha value is -1.22. The van der Waals surface area contributed by atoms with E-state index in [-0.39, 0.29) is 11.8 Å². The molecule has 1 aromatic heterocycles. The van der Waals surface area contributed by atoms with Crippen LogP contribution in [0.2, 0.25) is 0 Å². The number of carbonyl (C=O) groups is 1. The monoisotopic (exact) mass is 192 g/mol. The quantitative estimate of drug-likeness (QED) is 0.762. The van der Waals surface area contributed by atoms with E-state index >= 15 is 0 Å². The van der Waals surface area contributed by atoms with Crippen LogP contribution in [-0.2, 0) is 11.2 Å². The number of carbonyl (C=O) groups excluding carboxylic acids is 1. The molecule has 1 rings (SSSR count). The Bertz CT molecular complexity index is 285. The van der Waals surface area contributed by atoms with Crippen LogP contribution in [0.15, 0.2) is 24.4 Å². The predicted molar refractivity (Wildman–Crippen MR) is 56.1 cm³/mol. The third-order valence-electron chi connectivity index (χ3n) is 2.17. The lowest BCUT2D eigenvalue weighted by atomic mass is 10.2. The Balaban J connectivity index is 2.26. The van der Waals surface area contributed by atoms with E-state index < -0.39 is 0 Å². The zero-order valence-corrected chi connectivity index (χ0v) is 8.66. The van der Waals surface area contributed by atoms with E-state index in [0.29, 0.717) is 0 Å². The maximum Gasteiger partial charge on any atom is 0.146 e. The van der Waals surface area contributed by atoms with E-state index in [0.717, 1.165) is 18.7 Å². The van der Waals surface area contributed by atoms with Crippen molar-refractivity contribution in [3.63, 3.8) is 0 Å². The topological polar surface area (TPSA) is 42.0 Å². The molecule has 0 fully saturated rings. The summed E-state index contributed by atoms with van der Waals surface area (Å²) in [5.74, 6) is 0.172. The third-order valence-corrected chi connectivity index (χ3v) is 2.17. The first kappa shape index (κ1) is 10.9. The van der Waals surface area contributed by atoms with Gasteiger partial charge in [-0.25, -0.2) is 0 Å². The van der Waals surface area contributed by atoms with E-state index in [1.165, 1.54) is 0 Å². The maximum absolute atomic E-state index is 10.9. The van der Waals surface area contributed by atoms with E-state index in [1.807, 2.05) is 25.1 Å². The van der Waals surface area contributed by atoms with Gasteiger partial charge in [0.2, 0.25) is 0 Å². The van der Waals surface area contributed by atoms with Crippen molar-refractivity contribution in [2.45, 2.75) is 26.3 Å². The van der Waals surface area contributed by atoms with Gasteiger partial charge in [0.1, 0.15) is 5.78 Å². The smallest absolute Gasteiger partial charge is 0.146 e. The fourth-order valence-electron chi connectivity index (χ4n) is 1.11. The highest BCUT2D eigenvalue weighted by molar-refractivity contribution is 5.80. The largest absolute Gasteiger partial charge is 0.307 e. The summed E-state index contributed by atoms with van der Waals surface area (Å²) in [5, 5.41) is 3.14. The molecule has 0 amide bonds. The van der Waals surface area contributed by atoms with Gasteiger partial charge in [-0.05, 0) is 26.0 Å². The van der Waals surface area contributed by atoms with Gasteiger partial charge in [-0.3, -0.25) is 9.78 Å². The average molecular weight is 192 g/mol. The Kier molecular flexibility index (Phi) is 4.26. The van der Waals surface area contributed by atoms with Crippen LogP contribution in [0.5, 0.6) is 0 Å². The fourth-order valence-corrected chi connectivity index (χ4v) is 1.11. The van der Waals surface area contributed by atoms with Gasteiger partial charge in [-0.2, -0.15) is 0 Å². The third kappa shape index (κ3) is 3.66. The van der Waals surface area contributed by atoms with Crippen LogP contribution in [0.1, 0.15) is 19.5 Å². The summed E-state index contributed by atoms with van der Waals surface area (Å²) in [6, 6.07) is 5.80. The zero-order valence-electron chi connectivity index (χ0n) is 8.66. The molecule has 0 bridgehead atoms. The van der Waals surface area contributed by atoms with Crippen LogP contribution >= 0.6 is 0 Å². The molecule has 0 saturated heterocycles. The molecule has 1 heterocycles. The SMILES string of the molecule is CC(=O)C(C)NCCc1ccccn1. The number of nitrogens with zero attached hydrogens (tertiary/aromatic N) is 1. The Morgan fingerprint density at radius 2 is 2.36 bits per heavy atom. The lowest BCUT2D eigenvalue weighted by Gasteiger charge is -2.09. The fraction of sp³-hybridized carbons (Fsp3) is 0.455. The Labute approximate surface area is 84.6 Å². The molecule has 3 heteroatoms. The molecule has 14 heavy (non-hydrogen) atoms. The van der Waals surface area contributed by atoms with Crippen molar-refractivity contribution in [1.29, 1.82) is 0 Å². The highest BCUT2D eigenvalue weighted by Crippen LogP contribution is 1.93. The summed E-state index contributed by atoms with van der Waals surface area (Å²) in [5.41, 5.74) is 1.05. The van der Waals surface area contributed by atoms with Gasteiger partial charge in [0, 0.05) is 24.9 Å². The molecule has 1 atom stereocenters. The molecule has 0 spiro atoms. The summed E-state index contributed by atoms with van der Waals surface area (Å²) >= 11 is 0. The number of ketones is 1. The lowest BCUT2D eigenvalue weighted by Crippen LogP contribution is -2.33. The number of rotatable bonds is 5. The van der Waals surface area contributed by atoms with Crippen LogP contribution in [0.4, 0.5) is 0 Å². The van der Waals surface area contributed by atoms with Gasteiger partial charge in [-0.1, -0.05) is 6.07 Å². The normalized spacial score (nSPS) is 12.4. The molecule has 3 nitrogen and oxygen atoms in total. The molecular weight excluding hydrogens is 176 g/mol. The summed E-state index contributed by atoms with van der Waals surface area (Å²) in [6.45, 7) is 4.26. The van der Waals surface area contributed by atoms with Crippen molar-refractivity contribution in [2.75, 3.05) is 6.54 Å². The molecule has 1 aromatic rings. The highest BCUT2D eigenvalue weighted by Gasteiger charge is 2.05. The molecule has 1 unspecified atom stereocenters. The minimum atomic E-state index is -0.0567. The highest BCUT2D eigenvalue weighted by atomic mass is 16.1. The summed E-state index contributed by atoms with van der Waals surface area (Å²) < 4.78 is 0. The Morgan fingerprint density at radius 1 is 1.57 bits per heavy atom. The van der Waals surface area contributed by atoms with E-state index in [9.17, 15) is 4.79 Å². The summed E-state index contributed by atoms with van der Waals surface area (Å²) in [4.78, 5) is 15.1. The second-order valence-electron chi connectivity index (χ2n) is 3.36. The maximum atomic E-state index is 10.9.